The van der Waals surface area contributed by atoms with Crippen LogP contribution in [0.4, 0.5) is 4.79 Å². The number of thiophene rings is 1. The summed E-state index contributed by atoms with van der Waals surface area (Å²) in [5.74, 6) is 0.0875. The quantitative estimate of drug-likeness (QED) is 0.783. The highest BCUT2D eigenvalue weighted by Crippen LogP contribution is 2.19. The van der Waals surface area contributed by atoms with Crippen molar-refractivity contribution in [3.05, 3.63) is 21.9 Å². The van der Waals surface area contributed by atoms with Crippen molar-refractivity contribution in [2.24, 2.45) is 0 Å². The van der Waals surface area contributed by atoms with Crippen molar-refractivity contribution >= 4 is 23.3 Å². The molecule has 0 N–H and O–H groups in total. The van der Waals surface area contributed by atoms with Crippen molar-refractivity contribution in [1.82, 2.24) is 14.7 Å². The van der Waals surface area contributed by atoms with Gasteiger partial charge >= 0.3 is 6.03 Å². The van der Waals surface area contributed by atoms with E-state index in [1.54, 1.807) is 23.9 Å². The van der Waals surface area contributed by atoms with E-state index in [-0.39, 0.29) is 11.9 Å². The van der Waals surface area contributed by atoms with Crippen molar-refractivity contribution in [3.63, 3.8) is 0 Å². The van der Waals surface area contributed by atoms with Crippen molar-refractivity contribution in [3.8, 4) is 0 Å². The van der Waals surface area contributed by atoms with E-state index in [1.165, 1.54) is 11.3 Å². The lowest BCUT2D eigenvalue weighted by Crippen LogP contribution is -2.52. The Labute approximate surface area is 117 Å². The summed E-state index contributed by atoms with van der Waals surface area (Å²) in [5, 5.41) is 1.94. The first-order valence-electron chi connectivity index (χ1n) is 6.30. The van der Waals surface area contributed by atoms with Crippen LogP contribution >= 0.6 is 11.3 Å². The van der Waals surface area contributed by atoms with Crippen LogP contribution in [0, 0.1) is 6.92 Å². The van der Waals surface area contributed by atoms with Gasteiger partial charge < -0.3 is 14.7 Å². The zero-order valence-corrected chi connectivity index (χ0v) is 12.4. The molecule has 0 saturated carbocycles. The summed E-state index contributed by atoms with van der Waals surface area (Å²) in [6.07, 6.45) is 0. The zero-order valence-electron chi connectivity index (χ0n) is 11.5. The molecule has 1 aromatic rings. The van der Waals surface area contributed by atoms with E-state index in [0.717, 1.165) is 10.4 Å². The van der Waals surface area contributed by atoms with Gasteiger partial charge in [-0.3, -0.25) is 4.79 Å². The Morgan fingerprint density at radius 1 is 1.16 bits per heavy atom. The molecule has 0 aliphatic carbocycles. The average Bonchev–Trinajstić information content (AvgIpc) is 2.83. The average molecular weight is 281 g/mol. The highest BCUT2D eigenvalue weighted by atomic mass is 32.1. The van der Waals surface area contributed by atoms with E-state index >= 15 is 0 Å². The number of hydrogen-bond donors (Lipinski definition) is 0. The van der Waals surface area contributed by atoms with Gasteiger partial charge in [-0.1, -0.05) is 0 Å². The molecule has 1 fully saturated rings. The van der Waals surface area contributed by atoms with Gasteiger partial charge in [0.15, 0.2) is 0 Å². The number of piperazine rings is 1. The third-order valence-electron chi connectivity index (χ3n) is 3.28. The van der Waals surface area contributed by atoms with Gasteiger partial charge in [-0.15, -0.1) is 11.3 Å². The Balaban J connectivity index is 1.95. The van der Waals surface area contributed by atoms with Crippen LogP contribution in [-0.4, -0.2) is 66.9 Å². The Morgan fingerprint density at radius 3 is 2.21 bits per heavy atom. The lowest BCUT2D eigenvalue weighted by molar-refractivity contribution is 0.0654. The number of carbonyl (C=O) groups excluding carboxylic acids is 2. The molecule has 1 aromatic heterocycles. The Kier molecular flexibility index (Phi) is 4.09. The lowest BCUT2D eigenvalue weighted by atomic mass is 10.2. The topological polar surface area (TPSA) is 43.9 Å². The maximum absolute atomic E-state index is 12.3. The van der Waals surface area contributed by atoms with Crippen molar-refractivity contribution in [2.45, 2.75) is 6.92 Å². The van der Waals surface area contributed by atoms with Crippen LogP contribution in [0.25, 0.3) is 0 Å². The minimum atomic E-state index is 0.0133. The van der Waals surface area contributed by atoms with Gasteiger partial charge in [0, 0.05) is 40.3 Å². The molecule has 1 saturated heterocycles. The van der Waals surface area contributed by atoms with Gasteiger partial charge in [0.1, 0.15) is 0 Å². The molecule has 104 valence electrons. The summed E-state index contributed by atoms with van der Waals surface area (Å²) in [7, 11) is 3.49. The summed E-state index contributed by atoms with van der Waals surface area (Å²) in [4.78, 5) is 30.1. The van der Waals surface area contributed by atoms with Crippen molar-refractivity contribution in [2.75, 3.05) is 40.3 Å². The van der Waals surface area contributed by atoms with Crippen LogP contribution in [-0.2, 0) is 0 Å². The van der Waals surface area contributed by atoms with Crippen LogP contribution in [0.5, 0.6) is 0 Å². The summed E-state index contributed by atoms with van der Waals surface area (Å²) in [5.41, 5.74) is 1.03. The van der Waals surface area contributed by atoms with E-state index in [9.17, 15) is 9.59 Å². The monoisotopic (exact) mass is 281 g/mol. The molecule has 0 atom stereocenters. The highest BCUT2D eigenvalue weighted by Gasteiger charge is 2.26. The first-order chi connectivity index (χ1) is 9.00. The number of hydrogen-bond acceptors (Lipinski definition) is 3. The summed E-state index contributed by atoms with van der Waals surface area (Å²) >= 11 is 1.48. The molecule has 3 amide bonds. The number of carbonyl (C=O) groups is 2. The van der Waals surface area contributed by atoms with Crippen LogP contribution in [0.3, 0.4) is 0 Å². The molecule has 0 aromatic carbocycles. The SMILES string of the molecule is Cc1ccsc1C(=O)N1CCN(C(=O)N(C)C)CC1. The molecule has 5 nitrogen and oxygen atoms in total. The molecule has 0 radical (unpaired) electrons. The predicted molar refractivity (Wildman–Crippen MR) is 75.6 cm³/mol. The molecule has 0 spiro atoms. The number of amides is 3. The fourth-order valence-corrected chi connectivity index (χ4v) is 3.01. The Hall–Kier alpha value is -1.56. The van der Waals surface area contributed by atoms with E-state index in [4.69, 9.17) is 0 Å². The van der Waals surface area contributed by atoms with Gasteiger partial charge in [0.2, 0.25) is 0 Å². The third-order valence-corrected chi connectivity index (χ3v) is 4.28. The van der Waals surface area contributed by atoms with Crippen molar-refractivity contribution < 1.29 is 9.59 Å². The molecule has 0 unspecified atom stereocenters. The summed E-state index contributed by atoms with van der Waals surface area (Å²) in [6, 6.07) is 1.98. The van der Waals surface area contributed by atoms with Crippen LogP contribution in [0.1, 0.15) is 15.2 Å². The van der Waals surface area contributed by atoms with Gasteiger partial charge in [0.25, 0.3) is 5.91 Å². The maximum atomic E-state index is 12.3. The molecule has 1 aliphatic heterocycles. The largest absolute Gasteiger partial charge is 0.334 e. The van der Waals surface area contributed by atoms with Gasteiger partial charge in [-0.25, -0.2) is 4.79 Å². The minimum absolute atomic E-state index is 0.0133. The molecule has 2 heterocycles. The van der Waals surface area contributed by atoms with Gasteiger partial charge in [0.05, 0.1) is 4.88 Å². The normalized spacial score (nSPS) is 15.5. The van der Waals surface area contributed by atoms with Gasteiger partial charge in [-0.05, 0) is 23.9 Å². The number of rotatable bonds is 1. The number of aryl methyl sites for hydroxylation is 1. The zero-order chi connectivity index (χ0) is 14.0. The highest BCUT2D eigenvalue weighted by molar-refractivity contribution is 7.12. The first kappa shape index (κ1) is 13.9. The second-order valence-corrected chi connectivity index (χ2v) is 5.81. The minimum Gasteiger partial charge on any atom is -0.334 e. The molecular formula is C13H19N3O2S. The predicted octanol–water partition coefficient (Wildman–Crippen LogP) is 1.50. The second kappa shape index (κ2) is 5.61. The van der Waals surface area contributed by atoms with Crippen LogP contribution in [0.2, 0.25) is 0 Å². The maximum Gasteiger partial charge on any atom is 0.319 e. The van der Waals surface area contributed by atoms with E-state index in [0.29, 0.717) is 26.2 Å². The standard InChI is InChI=1S/C13H19N3O2S/c1-10-4-9-19-11(10)12(17)15-5-7-16(8-6-15)13(18)14(2)3/h4,9H,5-8H2,1-3H3. The summed E-state index contributed by atoms with van der Waals surface area (Å²) in [6.45, 7) is 4.38. The number of nitrogens with zero attached hydrogens (tertiary/aromatic N) is 3. The fraction of sp³-hybridized carbons (Fsp3) is 0.538. The second-order valence-electron chi connectivity index (χ2n) is 4.89. The van der Waals surface area contributed by atoms with Crippen LogP contribution in [0.15, 0.2) is 11.4 Å². The Morgan fingerprint density at radius 2 is 1.74 bits per heavy atom. The first-order valence-corrected chi connectivity index (χ1v) is 7.18. The van der Waals surface area contributed by atoms with E-state index in [1.807, 2.05) is 23.3 Å². The van der Waals surface area contributed by atoms with E-state index in [2.05, 4.69) is 0 Å². The van der Waals surface area contributed by atoms with Crippen molar-refractivity contribution in [1.29, 1.82) is 0 Å². The van der Waals surface area contributed by atoms with Gasteiger partial charge in [-0.2, -0.15) is 0 Å². The number of urea groups is 1. The Bertz CT molecular complexity index is 476. The smallest absolute Gasteiger partial charge is 0.319 e. The molecular weight excluding hydrogens is 262 g/mol. The molecule has 2 rings (SSSR count). The lowest BCUT2D eigenvalue weighted by Gasteiger charge is -2.35. The fourth-order valence-electron chi connectivity index (χ4n) is 2.12. The third kappa shape index (κ3) is 2.89. The van der Waals surface area contributed by atoms with Crippen LogP contribution < -0.4 is 0 Å². The molecule has 1 aliphatic rings. The summed E-state index contributed by atoms with van der Waals surface area (Å²) < 4.78 is 0. The molecule has 6 heteroatoms. The molecule has 19 heavy (non-hydrogen) atoms. The molecule has 0 bridgehead atoms. The van der Waals surface area contributed by atoms with E-state index < -0.39 is 0 Å².